The van der Waals surface area contributed by atoms with Crippen molar-refractivity contribution >= 4 is 21.4 Å². The van der Waals surface area contributed by atoms with Crippen molar-refractivity contribution in [2.45, 2.75) is 17.6 Å². The predicted octanol–water partition coefficient (Wildman–Crippen LogP) is 1.25. The van der Waals surface area contributed by atoms with Crippen molar-refractivity contribution in [3.05, 3.63) is 17.0 Å². The summed E-state index contributed by atoms with van der Waals surface area (Å²) in [6, 6.07) is 5.19. The SMILES string of the molecule is Cc1ccc(S(=O)(=O)NCCC#N)s1. The van der Waals surface area contributed by atoms with Gasteiger partial charge in [-0.05, 0) is 19.1 Å². The molecule has 1 aromatic rings. The zero-order chi connectivity index (χ0) is 10.6. The Labute approximate surface area is 87.2 Å². The van der Waals surface area contributed by atoms with Crippen LogP contribution in [0.1, 0.15) is 11.3 Å². The predicted molar refractivity (Wildman–Crippen MR) is 54.5 cm³/mol. The van der Waals surface area contributed by atoms with Gasteiger partial charge >= 0.3 is 0 Å². The lowest BCUT2D eigenvalue weighted by Crippen LogP contribution is -2.23. The zero-order valence-electron chi connectivity index (χ0n) is 7.65. The van der Waals surface area contributed by atoms with Crippen LogP contribution in [0, 0.1) is 18.3 Å². The van der Waals surface area contributed by atoms with Crippen LogP contribution in [0.5, 0.6) is 0 Å². The first-order chi connectivity index (χ1) is 6.56. The molecule has 0 radical (unpaired) electrons. The van der Waals surface area contributed by atoms with Gasteiger partial charge in [0.25, 0.3) is 0 Å². The minimum atomic E-state index is -3.39. The zero-order valence-corrected chi connectivity index (χ0v) is 9.28. The van der Waals surface area contributed by atoms with E-state index in [1.807, 2.05) is 13.0 Å². The van der Waals surface area contributed by atoms with E-state index < -0.39 is 10.0 Å². The largest absolute Gasteiger partial charge is 0.250 e. The highest BCUT2D eigenvalue weighted by molar-refractivity contribution is 7.91. The Morgan fingerprint density at radius 3 is 2.79 bits per heavy atom. The van der Waals surface area contributed by atoms with E-state index in [-0.39, 0.29) is 13.0 Å². The summed E-state index contributed by atoms with van der Waals surface area (Å²) in [6.45, 7) is 2.01. The highest BCUT2D eigenvalue weighted by Gasteiger charge is 2.14. The number of sulfonamides is 1. The molecule has 0 spiro atoms. The van der Waals surface area contributed by atoms with E-state index in [1.165, 1.54) is 11.3 Å². The summed E-state index contributed by atoms with van der Waals surface area (Å²) in [7, 11) is -3.39. The van der Waals surface area contributed by atoms with Crippen LogP contribution in [0.4, 0.5) is 0 Å². The van der Waals surface area contributed by atoms with Gasteiger partial charge in [0.2, 0.25) is 10.0 Å². The lowest BCUT2D eigenvalue weighted by molar-refractivity contribution is 0.584. The van der Waals surface area contributed by atoms with Crippen LogP contribution >= 0.6 is 11.3 Å². The van der Waals surface area contributed by atoms with Gasteiger partial charge in [-0.25, -0.2) is 13.1 Å². The first-order valence-electron chi connectivity index (χ1n) is 3.99. The maximum atomic E-state index is 11.5. The Bertz CT molecular complexity index is 442. The summed E-state index contributed by atoms with van der Waals surface area (Å²) in [5.41, 5.74) is 0. The molecule has 0 aliphatic carbocycles. The topological polar surface area (TPSA) is 70.0 Å². The number of thiophene rings is 1. The normalized spacial score (nSPS) is 11.1. The third-order valence-electron chi connectivity index (χ3n) is 1.51. The smallest absolute Gasteiger partial charge is 0.209 e. The van der Waals surface area contributed by atoms with E-state index in [0.717, 1.165) is 4.88 Å². The van der Waals surface area contributed by atoms with Crippen molar-refractivity contribution in [2.75, 3.05) is 6.54 Å². The van der Waals surface area contributed by atoms with Crippen LogP contribution in [0.15, 0.2) is 16.3 Å². The second-order valence-corrected chi connectivity index (χ2v) is 5.95. The quantitative estimate of drug-likeness (QED) is 0.791. The number of hydrogen-bond donors (Lipinski definition) is 1. The Balaban J connectivity index is 2.72. The fraction of sp³-hybridized carbons (Fsp3) is 0.375. The molecule has 0 aliphatic rings. The molecule has 0 unspecified atom stereocenters. The molecule has 76 valence electrons. The molecule has 0 atom stereocenters. The van der Waals surface area contributed by atoms with Crippen molar-refractivity contribution in [3.8, 4) is 6.07 Å². The molecule has 0 saturated heterocycles. The van der Waals surface area contributed by atoms with Gasteiger partial charge in [-0.15, -0.1) is 11.3 Å². The molecule has 0 saturated carbocycles. The van der Waals surface area contributed by atoms with Gasteiger partial charge in [0.1, 0.15) is 4.21 Å². The van der Waals surface area contributed by atoms with Crippen LogP contribution in [-0.2, 0) is 10.0 Å². The van der Waals surface area contributed by atoms with Crippen molar-refractivity contribution in [3.63, 3.8) is 0 Å². The molecule has 1 aromatic heterocycles. The molecule has 0 aromatic carbocycles. The maximum absolute atomic E-state index is 11.5. The van der Waals surface area contributed by atoms with Gasteiger partial charge in [0, 0.05) is 17.8 Å². The minimum absolute atomic E-state index is 0.162. The van der Waals surface area contributed by atoms with E-state index in [9.17, 15) is 8.42 Å². The van der Waals surface area contributed by atoms with Gasteiger partial charge < -0.3 is 0 Å². The van der Waals surface area contributed by atoms with Crippen LogP contribution in [0.25, 0.3) is 0 Å². The Kier molecular flexibility index (Phi) is 3.63. The highest BCUT2D eigenvalue weighted by atomic mass is 32.2. The average Bonchev–Trinajstić information content (AvgIpc) is 2.53. The van der Waals surface area contributed by atoms with E-state index in [2.05, 4.69) is 4.72 Å². The van der Waals surface area contributed by atoms with Gasteiger partial charge in [0.15, 0.2) is 0 Å². The average molecular weight is 230 g/mol. The van der Waals surface area contributed by atoms with E-state index in [4.69, 9.17) is 5.26 Å². The third kappa shape index (κ3) is 2.80. The molecule has 14 heavy (non-hydrogen) atoms. The molecule has 1 N–H and O–H groups in total. The van der Waals surface area contributed by atoms with Crippen LogP contribution < -0.4 is 4.72 Å². The molecular formula is C8H10N2O2S2. The molecule has 0 aliphatic heterocycles. The minimum Gasteiger partial charge on any atom is -0.209 e. The molecule has 1 heterocycles. The van der Waals surface area contributed by atoms with Crippen LogP contribution in [0.2, 0.25) is 0 Å². The number of aryl methyl sites for hydroxylation is 1. The Morgan fingerprint density at radius 2 is 2.29 bits per heavy atom. The van der Waals surface area contributed by atoms with Gasteiger partial charge in [-0.2, -0.15) is 5.26 Å². The lowest BCUT2D eigenvalue weighted by Gasteiger charge is -2.00. The van der Waals surface area contributed by atoms with Crippen molar-refractivity contribution in [1.82, 2.24) is 4.72 Å². The third-order valence-corrected chi connectivity index (χ3v) is 4.46. The molecule has 0 bridgehead atoms. The molecule has 6 heteroatoms. The van der Waals surface area contributed by atoms with Crippen LogP contribution in [-0.4, -0.2) is 15.0 Å². The summed E-state index contributed by atoms with van der Waals surface area (Å²) >= 11 is 1.22. The summed E-state index contributed by atoms with van der Waals surface area (Å²) in [6.07, 6.45) is 0.184. The Morgan fingerprint density at radius 1 is 1.57 bits per heavy atom. The van der Waals surface area contributed by atoms with Crippen molar-refractivity contribution in [2.24, 2.45) is 0 Å². The number of nitrogens with one attached hydrogen (secondary N) is 1. The Hall–Kier alpha value is -0.900. The second-order valence-electron chi connectivity index (χ2n) is 2.67. The number of nitrogens with zero attached hydrogens (tertiary/aromatic N) is 1. The maximum Gasteiger partial charge on any atom is 0.250 e. The number of rotatable bonds is 4. The van der Waals surface area contributed by atoms with Crippen molar-refractivity contribution < 1.29 is 8.42 Å². The molecule has 1 rings (SSSR count). The lowest BCUT2D eigenvalue weighted by atomic mass is 10.5. The first kappa shape index (κ1) is 11.2. The highest BCUT2D eigenvalue weighted by Crippen LogP contribution is 2.19. The number of nitriles is 1. The van der Waals surface area contributed by atoms with Crippen molar-refractivity contribution in [1.29, 1.82) is 5.26 Å². The van der Waals surface area contributed by atoms with Crippen LogP contribution in [0.3, 0.4) is 0 Å². The standard InChI is InChI=1S/C8H10N2O2S2/c1-7-3-4-8(13-7)14(11,12)10-6-2-5-9/h3-4,10H,2,6H2,1H3. The number of hydrogen-bond acceptors (Lipinski definition) is 4. The summed E-state index contributed by atoms with van der Waals surface area (Å²) < 4.78 is 25.7. The molecule has 0 fully saturated rings. The van der Waals surface area contributed by atoms with Gasteiger partial charge in [0.05, 0.1) is 6.07 Å². The van der Waals surface area contributed by atoms with E-state index >= 15 is 0 Å². The molecular weight excluding hydrogens is 220 g/mol. The molecule has 4 nitrogen and oxygen atoms in total. The molecule has 0 amide bonds. The summed E-state index contributed by atoms with van der Waals surface area (Å²) in [5, 5.41) is 8.26. The fourth-order valence-corrected chi connectivity index (χ4v) is 3.23. The summed E-state index contributed by atoms with van der Waals surface area (Å²) in [4.78, 5) is 0.950. The fourth-order valence-electron chi connectivity index (χ4n) is 0.869. The van der Waals surface area contributed by atoms with E-state index in [0.29, 0.717) is 4.21 Å². The van der Waals surface area contributed by atoms with E-state index in [1.54, 1.807) is 12.1 Å². The second kappa shape index (κ2) is 4.55. The van der Waals surface area contributed by atoms with Gasteiger partial charge in [-0.1, -0.05) is 0 Å². The monoisotopic (exact) mass is 230 g/mol. The summed E-state index contributed by atoms with van der Waals surface area (Å²) in [5.74, 6) is 0. The van der Waals surface area contributed by atoms with Gasteiger partial charge in [-0.3, -0.25) is 0 Å². The first-order valence-corrected chi connectivity index (χ1v) is 6.29.